The number of aromatic nitrogens is 1. The van der Waals surface area contributed by atoms with Crippen LogP contribution in [0.4, 0.5) is 0 Å². The van der Waals surface area contributed by atoms with Gasteiger partial charge in [0.1, 0.15) is 5.70 Å². The molecule has 4 rings (SSSR count). The Bertz CT molecular complexity index is 1000. The van der Waals surface area contributed by atoms with Crippen LogP contribution in [-0.4, -0.2) is 51.4 Å². The van der Waals surface area contributed by atoms with E-state index in [4.69, 9.17) is 0 Å². The molecule has 2 amide bonds. The molecule has 1 fully saturated rings. The van der Waals surface area contributed by atoms with Gasteiger partial charge in [-0.15, -0.1) is 0 Å². The van der Waals surface area contributed by atoms with Crippen LogP contribution in [0.2, 0.25) is 0 Å². The Hall–Kier alpha value is -2.99. The molecule has 1 aromatic heterocycles. The molecule has 1 saturated heterocycles. The van der Waals surface area contributed by atoms with E-state index in [0.29, 0.717) is 24.4 Å². The topological polar surface area (TPSA) is 73.7 Å². The van der Waals surface area contributed by atoms with Gasteiger partial charge in [-0.05, 0) is 67.0 Å². The summed E-state index contributed by atoms with van der Waals surface area (Å²) in [4.78, 5) is 34.3. The molecule has 2 aliphatic rings. The van der Waals surface area contributed by atoms with Gasteiger partial charge < -0.3 is 10.0 Å². The molecular formula is C24H27N3O3. The van der Waals surface area contributed by atoms with E-state index in [-0.39, 0.29) is 30.9 Å². The summed E-state index contributed by atoms with van der Waals surface area (Å²) < 4.78 is 0. The normalized spacial score (nSPS) is 19.8. The van der Waals surface area contributed by atoms with Gasteiger partial charge >= 0.3 is 0 Å². The van der Waals surface area contributed by atoms with Crippen LogP contribution < -0.4 is 0 Å². The number of aryl methyl sites for hydroxylation is 2. The first-order valence-electron chi connectivity index (χ1n) is 10.4. The lowest BCUT2D eigenvalue weighted by atomic mass is 9.96. The van der Waals surface area contributed by atoms with E-state index >= 15 is 0 Å². The molecule has 1 aromatic carbocycles. The zero-order valence-corrected chi connectivity index (χ0v) is 17.5. The van der Waals surface area contributed by atoms with E-state index in [0.717, 1.165) is 35.1 Å². The summed E-state index contributed by atoms with van der Waals surface area (Å²) >= 11 is 0. The van der Waals surface area contributed by atoms with Gasteiger partial charge in [0.15, 0.2) is 0 Å². The number of amides is 2. The quantitative estimate of drug-likeness (QED) is 0.775. The number of piperidine rings is 1. The minimum Gasteiger partial charge on any atom is -0.396 e. The first-order chi connectivity index (χ1) is 14.5. The molecule has 1 atom stereocenters. The highest BCUT2D eigenvalue weighted by Crippen LogP contribution is 2.35. The Morgan fingerprint density at radius 3 is 2.53 bits per heavy atom. The molecule has 0 spiro atoms. The van der Waals surface area contributed by atoms with Gasteiger partial charge in [-0.3, -0.25) is 19.5 Å². The Morgan fingerprint density at radius 1 is 1.07 bits per heavy atom. The lowest BCUT2D eigenvalue weighted by Crippen LogP contribution is -2.40. The van der Waals surface area contributed by atoms with Crippen LogP contribution in [0.25, 0.3) is 5.57 Å². The fourth-order valence-electron chi connectivity index (χ4n) is 4.25. The molecule has 6 nitrogen and oxygen atoms in total. The number of carbonyl (C=O) groups excluding carboxylic acids is 2. The maximum Gasteiger partial charge on any atom is 0.278 e. The predicted octanol–water partition coefficient (Wildman–Crippen LogP) is 2.68. The van der Waals surface area contributed by atoms with E-state index in [1.165, 1.54) is 4.90 Å². The van der Waals surface area contributed by atoms with E-state index < -0.39 is 0 Å². The first-order valence-corrected chi connectivity index (χ1v) is 10.4. The fourth-order valence-corrected chi connectivity index (χ4v) is 4.25. The molecule has 0 saturated carbocycles. The number of aliphatic hydroxyl groups is 1. The number of rotatable bonds is 5. The lowest BCUT2D eigenvalue weighted by Gasteiger charge is -2.34. The summed E-state index contributed by atoms with van der Waals surface area (Å²) in [6.45, 7) is 5.64. The molecular weight excluding hydrogens is 378 g/mol. The maximum absolute atomic E-state index is 13.5. The summed E-state index contributed by atoms with van der Waals surface area (Å²) in [5.41, 5.74) is 4.80. The highest BCUT2D eigenvalue weighted by molar-refractivity contribution is 6.35. The standard InChI is InChI=1S/C24H27N3O3/c1-16-5-6-20(12-17(16)2)21-22(26-11-3-4-19(13-26)15-28)24(30)27(23(21)29)14-18-7-9-25-10-8-18/h5-10,12,19,28H,3-4,11,13-15H2,1-2H3. The third kappa shape index (κ3) is 3.75. The highest BCUT2D eigenvalue weighted by Gasteiger charge is 2.42. The van der Waals surface area contributed by atoms with Crippen LogP contribution in [0.3, 0.4) is 0 Å². The van der Waals surface area contributed by atoms with Gasteiger partial charge in [-0.1, -0.05) is 18.2 Å². The molecule has 1 unspecified atom stereocenters. The fraction of sp³-hybridized carbons (Fsp3) is 0.375. The number of pyridine rings is 1. The van der Waals surface area contributed by atoms with Crippen molar-refractivity contribution in [1.29, 1.82) is 0 Å². The summed E-state index contributed by atoms with van der Waals surface area (Å²) in [7, 11) is 0. The smallest absolute Gasteiger partial charge is 0.278 e. The molecule has 0 aliphatic carbocycles. The molecule has 6 heteroatoms. The molecule has 0 bridgehead atoms. The van der Waals surface area contributed by atoms with Crippen molar-refractivity contribution in [1.82, 2.24) is 14.8 Å². The summed E-state index contributed by atoms with van der Waals surface area (Å²) in [6.07, 6.45) is 5.15. The third-order valence-corrected chi connectivity index (χ3v) is 6.12. The second-order valence-corrected chi connectivity index (χ2v) is 8.21. The molecule has 156 valence electrons. The number of aliphatic hydroxyl groups excluding tert-OH is 1. The Labute approximate surface area is 176 Å². The van der Waals surface area contributed by atoms with Crippen LogP contribution in [0.15, 0.2) is 48.4 Å². The van der Waals surface area contributed by atoms with Crippen molar-refractivity contribution >= 4 is 17.4 Å². The van der Waals surface area contributed by atoms with Gasteiger partial charge in [-0.25, -0.2) is 0 Å². The molecule has 3 heterocycles. The summed E-state index contributed by atoms with van der Waals surface area (Å²) in [5.74, 6) is -0.408. The number of carbonyl (C=O) groups is 2. The van der Waals surface area contributed by atoms with E-state index in [1.54, 1.807) is 12.4 Å². The monoisotopic (exact) mass is 405 g/mol. The van der Waals surface area contributed by atoms with Crippen molar-refractivity contribution in [2.75, 3.05) is 19.7 Å². The first kappa shape index (κ1) is 20.3. The average Bonchev–Trinajstić information content (AvgIpc) is 3.01. The minimum atomic E-state index is -0.263. The van der Waals surface area contributed by atoms with Crippen molar-refractivity contribution in [3.63, 3.8) is 0 Å². The number of imide groups is 1. The Kier molecular flexibility index (Phi) is 5.68. The maximum atomic E-state index is 13.5. The average molecular weight is 405 g/mol. The Morgan fingerprint density at radius 2 is 1.83 bits per heavy atom. The molecule has 2 aromatic rings. The number of benzene rings is 1. The second-order valence-electron chi connectivity index (χ2n) is 8.21. The van der Waals surface area contributed by atoms with Crippen molar-refractivity contribution in [3.8, 4) is 0 Å². The minimum absolute atomic E-state index is 0.0889. The van der Waals surface area contributed by atoms with Crippen molar-refractivity contribution < 1.29 is 14.7 Å². The van der Waals surface area contributed by atoms with Crippen LogP contribution in [0, 0.1) is 19.8 Å². The highest BCUT2D eigenvalue weighted by atomic mass is 16.3. The number of nitrogens with zero attached hydrogens (tertiary/aromatic N) is 3. The summed E-state index contributed by atoms with van der Waals surface area (Å²) in [5, 5.41) is 9.66. The van der Waals surface area contributed by atoms with Gasteiger partial charge in [0, 0.05) is 32.1 Å². The van der Waals surface area contributed by atoms with Crippen molar-refractivity contribution in [2.45, 2.75) is 33.2 Å². The van der Waals surface area contributed by atoms with Gasteiger partial charge in [0.2, 0.25) is 0 Å². The lowest BCUT2D eigenvalue weighted by molar-refractivity contribution is -0.138. The molecule has 30 heavy (non-hydrogen) atoms. The zero-order valence-electron chi connectivity index (χ0n) is 17.5. The van der Waals surface area contributed by atoms with Crippen molar-refractivity contribution in [2.24, 2.45) is 5.92 Å². The van der Waals surface area contributed by atoms with Gasteiger partial charge in [0.25, 0.3) is 11.8 Å². The van der Waals surface area contributed by atoms with Crippen LogP contribution >= 0.6 is 0 Å². The summed E-state index contributed by atoms with van der Waals surface area (Å²) in [6, 6.07) is 9.53. The number of hydrogen-bond donors (Lipinski definition) is 1. The van der Waals surface area contributed by atoms with Crippen molar-refractivity contribution in [3.05, 3.63) is 70.7 Å². The van der Waals surface area contributed by atoms with E-state index in [2.05, 4.69) is 4.98 Å². The zero-order chi connectivity index (χ0) is 21.3. The molecule has 1 N–H and O–H groups in total. The van der Waals surface area contributed by atoms with E-state index in [9.17, 15) is 14.7 Å². The predicted molar refractivity (Wildman–Crippen MR) is 114 cm³/mol. The third-order valence-electron chi connectivity index (χ3n) is 6.12. The second kappa shape index (κ2) is 8.40. The van der Waals surface area contributed by atoms with Crippen LogP contribution in [-0.2, 0) is 16.1 Å². The SMILES string of the molecule is Cc1ccc(C2=C(N3CCCC(CO)C3)C(=O)N(Cc3ccncc3)C2=O)cc1C. The number of hydrogen-bond acceptors (Lipinski definition) is 5. The molecule has 2 aliphatic heterocycles. The number of likely N-dealkylation sites (tertiary alicyclic amines) is 1. The Balaban J connectivity index is 1.76. The van der Waals surface area contributed by atoms with E-state index in [1.807, 2.05) is 49.1 Å². The van der Waals surface area contributed by atoms with Gasteiger partial charge in [0.05, 0.1) is 12.1 Å². The van der Waals surface area contributed by atoms with Crippen LogP contribution in [0.1, 0.15) is 35.1 Å². The largest absolute Gasteiger partial charge is 0.396 e. The molecule has 0 radical (unpaired) electrons. The van der Waals surface area contributed by atoms with Crippen LogP contribution in [0.5, 0.6) is 0 Å². The van der Waals surface area contributed by atoms with Gasteiger partial charge in [-0.2, -0.15) is 0 Å².